The molecule has 0 atom stereocenters. The second kappa shape index (κ2) is 6.31. The molecule has 1 fully saturated rings. The summed E-state index contributed by atoms with van der Waals surface area (Å²) in [4.78, 5) is 32.6. The average molecular weight is 278 g/mol. The molecule has 20 heavy (non-hydrogen) atoms. The molecule has 1 N–H and O–H groups in total. The van der Waals surface area contributed by atoms with Crippen LogP contribution in [0.1, 0.15) is 30.3 Å². The molecule has 1 aromatic rings. The van der Waals surface area contributed by atoms with E-state index in [-0.39, 0.29) is 17.6 Å². The third kappa shape index (κ3) is 3.43. The van der Waals surface area contributed by atoms with Crippen molar-refractivity contribution in [2.75, 3.05) is 25.1 Å². The van der Waals surface area contributed by atoms with Crippen LogP contribution in [0, 0.1) is 0 Å². The van der Waals surface area contributed by atoms with Crippen molar-refractivity contribution in [2.24, 2.45) is 0 Å². The van der Waals surface area contributed by atoms with E-state index in [9.17, 15) is 9.59 Å². The maximum absolute atomic E-state index is 11.3. The maximum atomic E-state index is 11.3. The molecule has 0 aliphatic carbocycles. The third-order valence-corrected chi connectivity index (χ3v) is 3.26. The highest BCUT2D eigenvalue weighted by atomic mass is 16.5. The van der Waals surface area contributed by atoms with E-state index in [2.05, 4.69) is 24.9 Å². The number of piperidine rings is 1. The number of amides is 1. The highest BCUT2D eigenvalue weighted by Crippen LogP contribution is 2.17. The van der Waals surface area contributed by atoms with Crippen molar-refractivity contribution in [2.45, 2.75) is 25.8 Å². The van der Waals surface area contributed by atoms with Gasteiger partial charge in [0.2, 0.25) is 5.91 Å². The van der Waals surface area contributed by atoms with Gasteiger partial charge in [-0.05, 0) is 12.8 Å². The van der Waals surface area contributed by atoms with Crippen molar-refractivity contribution < 1.29 is 14.3 Å². The van der Waals surface area contributed by atoms with Crippen molar-refractivity contribution in [1.82, 2.24) is 15.3 Å². The Morgan fingerprint density at radius 2 is 2.00 bits per heavy atom. The number of rotatable bonds is 3. The van der Waals surface area contributed by atoms with Crippen LogP contribution in [0.4, 0.5) is 5.82 Å². The minimum absolute atomic E-state index is 0.00525. The minimum Gasteiger partial charge on any atom is -0.464 e. The molecular formula is C13H18N4O3. The van der Waals surface area contributed by atoms with E-state index in [1.165, 1.54) is 20.2 Å². The van der Waals surface area contributed by atoms with Crippen LogP contribution in [0.3, 0.4) is 0 Å². The summed E-state index contributed by atoms with van der Waals surface area (Å²) in [6.45, 7) is 3.14. The molecule has 1 aliphatic rings. The first-order valence-corrected chi connectivity index (χ1v) is 6.52. The molecule has 0 unspecified atom stereocenters. The molecule has 0 saturated carbocycles. The van der Waals surface area contributed by atoms with Gasteiger partial charge in [0.05, 0.1) is 19.5 Å². The molecule has 0 radical (unpaired) electrons. The molecule has 2 heterocycles. The lowest BCUT2D eigenvalue weighted by atomic mass is 10.1. The number of carbonyl (C=O) groups excluding carboxylic acids is 2. The van der Waals surface area contributed by atoms with Crippen LogP contribution in [0.15, 0.2) is 12.4 Å². The molecule has 2 rings (SSSR count). The summed E-state index contributed by atoms with van der Waals surface area (Å²) in [7, 11) is 1.31. The van der Waals surface area contributed by atoms with E-state index < -0.39 is 5.97 Å². The zero-order valence-corrected chi connectivity index (χ0v) is 11.6. The SMILES string of the molecule is COC(=O)c1cnc(N2CCC(NC(C)=O)CC2)cn1. The highest BCUT2D eigenvalue weighted by molar-refractivity contribution is 5.86. The Kier molecular flexibility index (Phi) is 4.49. The normalized spacial score (nSPS) is 15.8. The molecule has 7 nitrogen and oxygen atoms in total. The van der Waals surface area contributed by atoms with Crippen molar-refractivity contribution in [1.29, 1.82) is 0 Å². The number of hydrogen-bond donors (Lipinski definition) is 1. The van der Waals surface area contributed by atoms with E-state index in [0.29, 0.717) is 0 Å². The van der Waals surface area contributed by atoms with Gasteiger partial charge in [0.15, 0.2) is 5.69 Å². The summed E-state index contributed by atoms with van der Waals surface area (Å²) in [5.41, 5.74) is 0.199. The number of nitrogens with one attached hydrogen (secondary N) is 1. The van der Waals surface area contributed by atoms with E-state index in [1.54, 1.807) is 6.20 Å². The number of esters is 1. The van der Waals surface area contributed by atoms with Gasteiger partial charge in [-0.1, -0.05) is 0 Å². The van der Waals surface area contributed by atoms with E-state index in [1.807, 2.05) is 0 Å². The molecule has 0 spiro atoms. The fraction of sp³-hybridized carbons (Fsp3) is 0.538. The number of nitrogens with zero attached hydrogens (tertiary/aromatic N) is 3. The van der Waals surface area contributed by atoms with Crippen molar-refractivity contribution in [3.63, 3.8) is 0 Å². The van der Waals surface area contributed by atoms with Gasteiger partial charge in [-0.25, -0.2) is 14.8 Å². The zero-order valence-electron chi connectivity index (χ0n) is 11.6. The van der Waals surface area contributed by atoms with Gasteiger partial charge in [-0.2, -0.15) is 0 Å². The Balaban J connectivity index is 1.93. The Labute approximate surface area is 117 Å². The second-order valence-corrected chi connectivity index (χ2v) is 4.71. The fourth-order valence-electron chi connectivity index (χ4n) is 2.23. The number of anilines is 1. The molecule has 1 aromatic heterocycles. The van der Waals surface area contributed by atoms with Gasteiger partial charge in [-0.3, -0.25) is 4.79 Å². The lowest BCUT2D eigenvalue weighted by molar-refractivity contribution is -0.119. The number of aromatic nitrogens is 2. The fourth-order valence-corrected chi connectivity index (χ4v) is 2.23. The Morgan fingerprint density at radius 3 is 2.50 bits per heavy atom. The number of hydrogen-bond acceptors (Lipinski definition) is 6. The first-order chi connectivity index (χ1) is 9.60. The molecule has 7 heteroatoms. The zero-order chi connectivity index (χ0) is 14.5. The van der Waals surface area contributed by atoms with Gasteiger partial charge < -0.3 is 15.0 Å². The van der Waals surface area contributed by atoms with E-state index >= 15 is 0 Å². The van der Waals surface area contributed by atoms with Crippen LogP contribution >= 0.6 is 0 Å². The third-order valence-electron chi connectivity index (χ3n) is 3.26. The molecule has 0 bridgehead atoms. The number of methoxy groups -OCH3 is 1. The van der Waals surface area contributed by atoms with Crippen molar-refractivity contribution >= 4 is 17.7 Å². The van der Waals surface area contributed by atoms with E-state index in [0.717, 1.165) is 31.7 Å². The minimum atomic E-state index is -0.492. The topological polar surface area (TPSA) is 84.4 Å². The molecule has 1 aliphatic heterocycles. The molecule has 1 amide bonds. The summed E-state index contributed by atoms with van der Waals surface area (Å²) >= 11 is 0. The smallest absolute Gasteiger partial charge is 0.358 e. The quantitative estimate of drug-likeness (QED) is 0.804. The van der Waals surface area contributed by atoms with Gasteiger partial charge in [0, 0.05) is 26.1 Å². The summed E-state index contributed by atoms with van der Waals surface area (Å²) in [6.07, 6.45) is 4.74. The lowest BCUT2D eigenvalue weighted by Gasteiger charge is -2.32. The summed E-state index contributed by atoms with van der Waals surface area (Å²) < 4.78 is 4.58. The van der Waals surface area contributed by atoms with Gasteiger partial charge in [0.1, 0.15) is 5.82 Å². The van der Waals surface area contributed by atoms with Crippen LogP contribution in [-0.4, -0.2) is 48.1 Å². The Morgan fingerprint density at radius 1 is 1.30 bits per heavy atom. The summed E-state index contributed by atoms with van der Waals surface area (Å²) in [5, 5.41) is 2.92. The molecule has 1 saturated heterocycles. The number of carbonyl (C=O) groups is 2. The van der Waals surface area contributed by atoms with Gasteiger partial charge in [0.25, 0.3) is 0 Å². The number of ether oxygens (including phenoxy) is 1. The molecule has 108 valence electrons. The van der Waals surface area contributed by atoms with Crippen LogP contribution < -0.4 is 10.2 Å². The van der Waals surface area contributed by atoms with Gasteiger partial charge >= 0.3 is 5.97 Å². The average Bonchev–Trinajstić information content (AvgIpc) is 2.47. The molecular weight excluding hydrogens is 260 g/mol. The van der Waals surface area contributed by atoms with Crippen molar-refractivity contribution in [3.8, 4) is 0 Å². The van der Waals surface area contributed by atoms with Crippen LogP contribution in [0.5, 0.6) is 0 Å². The monoisotopic (exact) mass is 278 g/mol. The van der Waals surface area contributed by atoms with E-state index in [4.69, 9.17) is 0 Å². The Hall–Kier alpha value is -2.18. The van der Waals surface area contributed by atoms with Crippen LogP contribution in [0.25, 0.3) is 0 Å². The highest BCUT2D eigenvalue weighted by Gasteiger charge is 2.21. The standard InChI is InChI=1S/C13H18N4O3/c1-9(18)16-10-3-5-17(6-4-10)12-8-14-11(7-15-12)13(19)20-2/h7-8,10H,3-6H2,1-2H3,(H,16,18). The largest absolute Gasteiger partial charge is 0.464 e. The predicted molar refractivity (Wildman–Crippen MR) is 72.4 cm³/mol. The van der Waals surface area contributed by atoms with Crippen LogP contribution in [-0.2, 0) is 9.53 Å². The van der Waals surface area contributed by atoms with Gasteiger partial charge in [-0.15, -0.1) is 0 Å². The summed E-state index contributed by atoms with van der Waals surface area (Å²) in [6, 6.07) is 0.228. The maximum Gasteiger partial charge on any atom is 0.358 e. The molecule has 0 aromatic carbocycles. The lowest BCUT2D eigenvalue weighted by Crippen LogP contribution is -2.44. The van der Waals surface area contributed by atoms with Crippen LogP contribution in [0.2, 0.25) is 0 Å². The van der Waals surface area contributed by atoms with Crippen molar-refractivity contribution in [3.05, 3.63) is 18.1 Å². The first kappa shape index (κ1) is 14.2. The summed E-state index contributed by atoms with van der Waals surface area (Å²) in [5.74, 6) is 0.248. The Bertz CT molecular complexity index is 481. The first-order valence-electron chi connectivity index (χ1n) is 6.52. The second-order valence-electron chi connectivity index (χ2n) is 4.71. The predicted octanol–water partition coefficient (Wildman–Crippen LogP) is 0.368.